The molecule has 0 fully saturated rings. The number of hydrogen-bond acceptors (Lipinski definition) is 6. The van der Waals surface area contributed by atoms with Gasteiger partial charge in [-0.15, -0.1) is 11.3 Å². The van der Waals surface area contributed by atoms with Gasteiger partial charge in [-0.2, -0.15) is 9.36 Å². The number of rotatable bonds is 5. The summed E-state index contributed by atoms with van der Waals surface area (Å²) in [5.41, 5.74) is 5.72. The van der Waals surface area contributed by atoms with E-state index in [0.717, 1.165) is 11.3 Å². The van der Waals surface area contributed by atoms with Gasteiger partial charge in [0.2, 0.25) is 11.0 Å². The SMILES string of the molecule is CCCC(N)C(=O)Nc1nc(-c2cccs2)ns1. The van der Waals surface area contributed by atoms with E-state index in [4.69, 9.17) is 5.73 Å². The Morgan fingerprint density at radius 2 is 2.44 bits per heavy atom. The highest BCUT2D eigenvalue weighted by Gasteiger charge is 2.15. The first-order valence-electron chi connectivity index (χ1n) is 5.64. The van der Waals surface area contributed by atoms with Crippen LogP contribution in [0.2, 0.25) is 0 Å². The predicted molar refractivity (Wildman–Crippen MR) is 74.7 cm³/mol. The van der Waals surface area contributed by atoms with E-state index in [0.29, 0.717) is 17.4 Å². The van der Waals surface area contributed by atoms with Crippen molar-refractivity contribution in [1.82, 2.24) is 9.36 Å². The number of aromatic nitrogens is 2. The molecule has 0 saturated heterocycles. The molecule has 1 amide bonds. The second-order valence-corrected chi connectivity index (χ2v) is 5.48. The molecule has 96 valence electrons. The summed E-state index contributed by atoms with van der Waals surface area (Å²) in [5, 5.41) is 5.15. The van der Waals surface area contributed by atoms with Crippen molar-refractivity contribution in [2.75, 3.05) is 5.32 Å². The highest BCUT2D eigenvalue weighted by Crippen LogP contribution is 2.24. The fourth-order valence-corrected chi connectivity index (χ4v) is 2.72. The van der Waals surface area contributed by atoms with Gasteiger partial charge < -0.3 is 5.73 Å². The maximum absolute atomic E-state index is 11.7. The molecule has 1 atom stereocenters. The first-order valence-corrected chi connectivity index (χ1v) is 7.30. The van der Waals surface area contributed by atoms with Gasteiger partial charge in [-0.25, -0.2) is 0 Å². The lowest BCUT2D eigenvalue weighted by Gasteiger charge is -2.08. The van der Waals surface area contributed by atoms with Crippen LogP contribution in [0.15, 0.2) is 17.5 Å². The standard InChI is InChI=1S/C11H14N4OS2/c1-2-4-7(12)10(16)14-11-13-9(15-18-11)8-5-3-6-17-8/h3,5-7H,2,4,12H2,1H3,(H,13,14,15,16). The third kappa shape index (κ3) is 3.12. The van der Waals surface area contributed by atoms with E-state index in [9.17, 15) is 4.79 Å². The molecule has 0 bridgehead atoms. The summed E-state index contributed by atoms with van der Waals surface area (Å²) in [6.07, 6.45) is 1.55. The monoisotopic (exact) mass is 282 g/mol. The van der Waals surface area contributed by atoms with Gasteiger partial charge in [-0.05, 0) is 17.9 Å². The molecule has 0 spiro atoms. The van der Waals surface area contributed by atoms with E-state index in [2.05, 4.69) is 14.7 Å². The summed E-state index contributed by atoms with van der Waals surface area (Å²) in [5.74, 6) is 0.445. The van der Waals surface area contributed by atoms with Crippen LogP contribution in [0.25, 0.3) is 10.7 Å². The number of anilines is 1. The molecule has 0 saturated carbocycles. The molecule has 2 rings (SSSR count). The van der Waals surface area contributed by atoms with Gasteiger partial charge in [0.1, 0.15) is 0 Å². The minimum Gasteiger partial charge on any atom is -0.320 e. The number of nitrogens with zero attached hydrogens (tertiary/aromatic N) is 2. The molecule has 2 aromatic heterocycles. The molecule has 0 aliphatic carbocycles. The largest absolute Gasteiger partial charge is 0.320 e. The topological polar surface area (TPSA) is 80.9 Å². The van der Waals surface area contributed by atoms with Crippen LogP contribution in [0.1, 0.15) is 19.8 Å². The van der Waals surface area contributed by atoms with Crippen LogP contribution in [-0.4, -0.2) is 21.3 Å². The zero-order valence-corrected chi connectivity index (χ0v) is 11.6. The molecule has 7 heteroatoms. The molecular formula is C11H14N4OS2. The fraction of sp³-hybridized carbons (Fsp3) is 0.364. The van der Waals surface area contributed by atoms with Gasteiger partial charge in [0.05, 0.1) is 10.9 Å². The van der Waals surface area contributed by atoms with Crippen molar-refractivity contribution in [3.63, 3.8) is 0 Å². The fourth-order valence-electron chi connectivity index (χ4n) is 1.42. The van der Waals surface area contributed by atoms with Crippen LogP contribution in [0, 0.1) is 0 Å². The van der Waals surface area contributed by atoms with Crippen LogP contribution in [0.5, 0.6) is 0 Å². The third-order valence-corrected chi connectivity index (χ3v) is 3.83. The Bertz CT molecular complexity index is 509. The maximum Gasteiger partial charge on any atom is 0.243 e. The molecule has 0 aromatic carbocycles. The zero-order valence-electron chi connectivity index (χ0n) is 9.92. The van der Waals surface area contributed by atoms with Gasteiger partial charge in [0.25, 0.3) is 0 Å². The van der Waals surface area contributed by atoms with E-state index in [1.807, 2.05) is 24.4 Å². The second kappa shape index (κ2) is 6.03. The number of amides is 1. The molecule has 1 unspecified atom stereocenters. The number of thiophene rings is 1. The number of hydrogen-bond donors (Lipinski definition) is 2. The lowest BCUT2D eigenvalue weighted by molar-refractivity contribution is -0.117. The van der Waals surface area contributed by atoms with Gasteiger partial charge in [0.15, 0.2) is 5.82 Å². The summed E-state index contributed by atoms with van der Waals surface area (Å²) < 4.78 is 4.20. The molecule has 5 nitrogen and oxygen atoms in total. The molecule has 0 aliphatic rings. The maximum atomic E-state index is 11.7. The van der Waals surface area contributed by atoms with Crippen LogP contribution < -0.4 is 11.1 Å². The number of nitrogens with one attached hydrogen (secondary N) is 1. The van der Waals surface area contributed by atoms with Gasteiger partial charge in [-0.3, -0.25) is 10.1 Å². The minimum absolute atomic E-state index is 0.203. The summed E-state index contributed by atoms with van der Waals surface area (Å²) in [7, 11) is 0. The van der Waals surface area contributed by atoms with E-state index in [-0.39, 0.29) is 5.91 Å². The summed E-state index contributed by atoms with van der Waals surface area (Å²) in [4.78, 5) is 17.0. The molecule has 0 radical (unpaired) electrons. The lowest BCUT2D eigenvalue weighted by Crippen LogP contribution is -2.35. The van der Waals surface area contributed by atoms with Crippen molar-refractivity contribution in [3.05, 3.63) is 17.5 Å². The Balaban J connectivity index is 2.01. The second-order valence-electron chi connectivity index (χ2n) is 3.78. The summed E-state index contributed by atoms with van der Waals surface area (Å²) >= 11 is 2.74. The van der Waals surface area contributed by atoms with Gasteiger partial charge in [-0.1, -0.05) is 19.4 Å². The minimum atomic E-state index is -0.482. The van der Waals surface area contributed by atoms with Crippen LogP contribution in [-0.2, 0) is 4.79 Å². The Morgan fingerprint density at radius 1 is 1.61 bits per heavy atom. The van der Waals surface area contributed by atoms with Gasteiger partial charge >= 0.3 is 0 Å². The van der Waals surface area contributed by atoms with Crippen molar-refractivity contribution in [1.29, 1.82) is 0 Å². The predicted octanol–water partition coefficient (Wildman–Crippen LogP) is 2.33. The molecule has 0 aliphatic heterocycles. The molecular weight excluding hydrogens is 268 g/mol. The van der Waals surface area contributed by atoms with Crippen LogP contribution >= 0.6 is 22.9 Å². The van der Waals surface area contributed by atoms with Crippen molar-refractivity contribution >= 4 is 33.9 Å². The van der Waals surface area contributed by atoms with Crippen molar-refractivity contribution in [3.8, 4) is 10.7 Å². The average Bonchev–Trinajstić information content (AvgIpc) is 2.98. The quantitative estimate of drug-likeness (QED) is 0.882. The highest BCUT2D eigenvalue weighted by atomic mass is 32.1. The molecule has 2 aromatic rings. The highest BCUT2D eigenvalue weighted by molar-refractivity contribution is 7.14. The van der Waals surface area contributed by atoms with Crippen LogP contribution in [0.4, 0.5) is 5.13 Å². The van der Waals surface area contributed by atoms with E-state index < -0.39 is 6.04 Å². The van der Waals surface area contributed by atoms with Gasteiger partial charge in [0, 0.05) is 11.5 Å². The summed E-state index contributed by atoms with van der Waals surface area (Å²) in [6, 6.07) is 3.40. The Kier molecular flexibility index (Phi) is 4.40. The van der Waals surface area contributed by atoms with E-state index in [1.165, 1.54) is 11.5 Å². The van der Waals surface area contributed by atoms with Crippen molar-refractivity contribution in [2.24, 2.45) is 5.73 Å². The van der Waals surface area contributed by atoms with Crippen molar-refractivity contribution in [2.45, 2.75) is 25.8 Å². The molecule has 18 heavy (non-hydrogen) atoms. The molecule has 3 N–H and O–H groups in total. The van der Waals surface area contributed by atoms with E-state index >= 15 is 0 Å². The normalized spacial score (nSPS) is 12.3. The molecule has 2 heterocycles. The first kappa shape index (κ1) is 13.1. The Hall–Kier alpha value is -1.31. The first-order chi connectivity index (χ1) is 8.70. The zero-order chi connectivity index (χ0) is 13.0. The van der Waals surface area contributed by atoms with Crippen LogP contribution in [0.3, 0.4) is 0 Å². The number of carbonyl (C=O) groups excluding carboxylic acids is 1. The number of carbonyl (C=O) groups is 1. The lowest BCUT2D eigenvalue weighted by atomic mass is 10.2. The summed E-state index contributed by atoms with van der Waals surface area (Å²) in [6.45, 7) is 1.99. The average molecular weight is 282 g/mol. The van der Waals surface area contributed by atoms with Crippen molar-refractivity contribution < 1.29 is 4.79 Å². The Morgan fingerprint density at radius 3 is 3.11 bits per heavy atom. The number of nitrogens with two attached hydrogens (primary N) is 1. The smallest absolute Gasteiger partial charge is 0.243 e. The van der Waals surface area contributed by atoms with E-state index in [1.54, 1.807) is 11.3 Å². The Labute approximate surface area is 113 Å². The third-order valence-electron chi connectivity index (χ3n) is 2.33.